The number of ether oxygens (including phenoxy) is 1. The van der Waals surface area contributed by atoms with E-state index in [4.69, 9.17) is 4.74 Å². The average Bonchev–Trinajstić information content (AvgIpc) is 2.51. The molecule has 4 nitrogen and oxygen atoms in total. The number of benzene rings is 1. The number of piperazine rings is 1. The molecule has 0 amide bonds. The summed E-state index contributed by atoms with van der Waals surface area (Å²) in [5.74, 6) is 0.497. The third-order valence-corrected chi connectivity index (χ3v) is 4.48. The van der Waals surface area contributed by atoms with Gasteiger partial charge in [0.25, 0.3) is 0 Å². The summed E-state index contributed by atoms with van der Waals surface area (Å²) in [6.07, 6.45) is 0.757. The van der Waals surface area contributed by atoms with Crippen molar-refractivity contribution >= 4 is 0 Å². The zero-order valence-corrected chi connectivity index (χ0v) is 15.4. The minimum absolute atomic E-state index is 0.187. The first-order valence-corrected chi connectivity index (χ1v) is 8.72. The molecular weight excluding hydrogens is 307 g/mol. The summed E-state index contributed by atoms with van der Waals surface area (Å²) in [5, 5.41) is 9.40. The Hall–Kier alpha value is -1.17. The topological polar surface area (TPSA) is 35.9 Å². The first-order valence-electron chi connectivity index (χ1n) is 8.72. The summed E-state index contributed by atoms with van der Waals surface area (Å²) in [7, 11) is 1.60. The van der Waals surface area contributed by atoms with Crippen LogP contribution in [0.2, 0.25) is 0 Å². The van der Waals surface area contributed by atoms with Crippen LogP contribution in [-0.4, -0.2) is 60.8 Å². The molecule has 0 aromatic heterocycles. The van der Waals surface area contributed by atoms with Gasteiger partial charge in [-0.1, -0.05) is 20.8 Å². The Morgan fingerprint density at radius 3 is 2.67 bits per heavy atom. The monoisotopic (exact) mass is 338 g/mol. The molecule has 1 N–H and O–H groups in total. The number of halogens is 1. The van der Waals surface area contributed by atoms with E-state index in [1.165, 1.54) is 6.07 Å². The van der Waals surface area contributed by atoms with Crippen LogP contribution in [-0.2, 0) is 6.54 Å². The minimum Gasteiger partial charge on any atom is -0.497 e. The second-order valence-corrected chi connectivity index (χ2v) is 7.89. The fraction of sp³-hybridized carbons (Fsp3) is 0.684. The van der Waals surface area contributed by atoms with Crippen molar-refractivity contribution in [2.75, 3.05) is 39.9 Å². The van der Waals surface area contributed by atoms with Crippen molar-refractivity contribution in [3.63, 3.8) is 0 Å². The van der Waals surface area contributed by atoms with Crippen LogP contribution in [0.5, 0.6) is 5.75 Å². The van der Waals surface area contributed by atoms with E-state index in [1.807, 2.05) is 0 Å². The fourth-order valence-corrected chi connectivity index (χ4v) is 3.38. The molecule has 1 saturated heterocycles. The number of aliphatic hydroxyl groups excluding tert-OH is 1. The number of nitrogens with zero attached hydrogens (tertiary/aromatic N) is 2. The van der Waals surface area contributed by atoms with Gasteiger partial charge in [0.2, 0.25) is 0 Å². The Bertz CT molecular complexity index is 531. The van der Waals surface area contributed by atoms with Gasteiger partial charge in [0.15, 0.2) is 0 Å². The van der Waals surface area contributed by atoms with E-state index >= 15 is 0 Å². The molecule has 1 fully saturated rings. The van der Waals surface area contributed by atoms with Crippen LogP contribution in [0.3, 0.4) is 0 Å². The summed E-state index contributed by atoms with van der Waals surface area (Å²) in [6.45, 7) is 11.2. The summed E-state index contributed by atoms with van der Waals surface area (Å²) < 4.78 is 19.3. The highest BCUT2D eigenvalue weighted by atomic mass is 19.1. The number of hydrogen-bond acceptors (Lipinski definition) is 4. The summed E-state index contributed by atoms with van der Waals surface area (Å²) in [6, 6.07) is 5.21. The van der Waals surface area contributed by atoms with Crippen molar-refractivity contribution < 1.29 is 14.2 Å². The van der Waals surface area contributed by atoms with Crippen molar-refractivity contribution in [2.24, 2.45) is 5.41 Å². The zero-order chi connectivity index (χ0) is 17.7. The molecule has 1 aromatic rings. The molecule has 5 heteroatoms. The third kappa shape index (κ3) is 5.43. The van der Waals surface area contributed by atoms with Crippen molar-refractivity contribution in [1.82, 2.24) is 9.80 Å². The molecule has 0 spiro atoms. The number of aliphatic hydroxyl groups is 1. The fourth-order valence-electron chi connectivity index (χ4n) is 3.38. The molecular formula is C19H31FN2O2. The lowest BCUT2D eigenvalue weighted by Crippen LogP contribution is -2.54. The minimum atomic E-state index is -0.188. The highest BCUT2D eigenvalue weighted by Crippen LogP contribution is 2.23. The van der Waals surface area contributed by atoms with E-state index in [-0.39, 0.29) is 17.8 Å². The van der Waals surface area contributed by atoms with Crippen LogP contribution in [0.4, 0.5) is 4.39 Å². The van der Waals surface area contributed by atoms with Gasteiger partial charge in [0.05, 0.1) is 7.11 Å². The van der Waals surface area contributed by atoms with Crippen LogP contribution in [0.25, 0.3) is 0 Å². The van der Waals surface area contributed by atoms with Crippen LogP contribution >= 0.6 is 0 Å². The maximum absolute atomic E-state index is 14.1. The molecule has 136 valence electrons. The van der Waals surface area contributed by atoms with Crippen molar-refractivity contribution in [3.8, 4) is 5.75 Å². The quantitative estimate of drug-likeness (QED) is 0.865. The summed E-state index contributed by atoms with van der Waals surface area (Å²) in [4.78, 5) is 4.74. The van der Waals surface area contributed by atoms with Gasteiger partial charge in [-0.25, -0.2) is 4.39 Å². The molecule has 0 aliphatic carbocycles. The lowest BCUT2D eigenvalue weighted by Gasteiger charge is -2.44. The predicted molar refractivity (Wildman–Crippen MR) is 94.7 cm³/mol. The maximum atomic E-state index is 14.1. The van der Waals surface area contributed by atoms with Crippen LogP contribution in [0.15, 0.2) is 18.2 Å². The van der Waals surface area contributed by atoms with E-state index in [0.29, 0.717) is 23.9 Å². The van der Waals surface area contributed by atoms with Gasteiger partial charge in [0, 0.05) is 50.9 Å². The lowest BCUT2D eigenvalue weighted by molar-refractivity contribution is 0.0335. The van der Waals surface area contributed by atoms with Crippen LogP contribution in [0, 0.1) is 11.2 Å². The van der Waals surface area contributed by atoms with Gasteiger partial charge in [-0.2, -0.15) is 0 Å². The van der Waals surface area contributed by atoms with E-state index in [2.05, 4.69) is 30.6 Å². The molecule has 0 radical (unpaired) electrons. The molecule has 1 aliphatic heterocycles. The van der Waals surface area contributed by atoms with Crippen molar-refractivity contribution in [2.45, 2.75) is 39.8 Å². The normalized spacial score (nSPS) is 20.3. The zero-order valence-electron chi connectivity index (χ0n) is 15.4. The van der Waals surface area contributed by atoms with E-state index < -0.39 is 0 Å². The summed E-state index contributed by atoms with van der Waals surface area (Å²) in [5.41, 5.74) is 0.899. The molecule has 0 saturated carbocycles. The largest absolute Gasteiger partial charge is 0.497 e. The number of hydrogen-bond donors (Lipinski definition) is 1. The highest BCUT2D eigenvalue weighted by molar-refractivity contribution is 5.29. The first kappa shape index (κ1) is 19.2. The Morgan fingerprint density at radius 2 is 2.04 bits per heavy atom. The van der Waals surface area contributed by atoms with Gasteiger partial charge < -0.3 is 9.84 Å². The Labute approximate surface area is 145 Å². The van der Waals surface area contributed by atoms with Crippen LogP contribution in [0.1, 0.15) is 32.8 Å². The second kappa shape index (κ2) is 8.28. The highest BCUT2D eigenvalue weighted by Gasteiger charge is 2.29. The molecule has 1 aliphatic rings. The molecule has 1 aromatic carbocycles. The number of rotatable bonds is 6. The van der Waals surface area contributed by atoms with E-state index in [0.717, 1.165) is 32.6 Å². The molecule has 1 heterocycles. The maximum Gasteiger partial charge on any atom is 0.127 e. The Balaban J connectivity index is 2.03. The van der Waals surface area contributed by atoms with E-state index in [1.54, 1.807) is 19.2 Å². The van der Waals surface area contributed by atoms with Crippen molar-refractivity contribution in [3.05, 3.63) is 29.6 Å². The molecule has 0 bridgehead atoms. The first-order chi connectivity index (χ1) is 11.3. The Kier molecular flexibility index (Phi) is 6.61. The third-order valence-electron chi connectivity index (χ3n) is 4.48. The Morgan fingerprint density at radius 1 is 1.29 bits per heavy atom. The second-order valence-electron chi connectivity index (χ2n) is 7.89. The van der Waals surface area contributed by atoms with Gasteiger partial charge in [-0.05, 0) is 30.0 Å². The SMILES string of the molecule is COc1ccc(F)c(CN2CCN(CC(C)(C)C)[C@@H](CCO)C2)c1. The molecule has 1 atom stereocenters. The molecule has 0 unspecified atom stereocenters. The van der Waals surface area contributed by atoms with Gasteiger partial charge in [-0.3, -0.25) is 9.80 Å². The van der Waals surface area contributed by atoms with Gasteiger partial charge in [-0.15, -0.1) is 0 Å². The van der Waals surface area contributed by atoms with Gasteiger partial charge in [0.1, 0.15) is 11.6 Å². The van der Waals surface area contributed by atoms with Crippen molar-refractivity contribution in [1.29, 1.82) is 0 Å². The van der Waals surface area contributed by atoms with Crippen LogP contribution < -0.4 is 4.74 Å². The number of methoxy groups -OCH3 is 1. The van der Waals surface area contributed by atoms with Gasteiger partial charge >= 0.3 is 0 Å². The standard InChI is InChI=1S/C19H31FN2O2/c1-19(2,3)14-22-9-8-21(13-16(22)7-10-23)12-15-11-17(24-4)5-6-18(15)20/h5-6,11,16,23H,7-10,12-14H2,1-4H3/t16-/m0/s1. The summed E-state index contributed by atoms with van der Waals surface area (Å²) >= 11 is 0. The smallest absolute Gasteiger partial charge is 0.127 e. The van der Waals surface area contributed by atoms with E-state index in [9.17, 15) is 9.50 Å². The predicted octanol–water partition coefficient (Wildman–Crippen LogP) is 2.75. The molecule has 24 heavy (non-hydrogen) atoms. The molecule has 2 rings (SSSR count). The lowest BCUT2D eigenvalue weighted by atomic mass is 9.94. The average molecular weight is 338 g/mol.